The molecule has 0 aliphatic heterocycles. The highest BCUT2D eigenvalue weighted by Gasteiger charge is 2.15. The predicted octanol–water partition coefficient (Wildman–Crippen LogP) is 2.78. The quantitative estimate of drug-likeness (QED) is 0.485. The van der Waals surface area contributed by atoms with E-state index in [0.29, 0.717) is 14.6 Å². The molecule has 15 heavy (non-hydrogen) atoms. The van der Waals surface area contributed by atoms with Crippen molar-refractivity contribution in [1.29, 1.82) is 0 Å². The standard InChI is InChI=1S/C7H5Br2N3O2S/c8-3-2-6(12(13)14)4(9)1-5(3)11-7(10)15/h1-2H,(H3,10,11,15). The molecule has 8 heteroatoms. The van der Waals surface area contributed by atoms with Gasteiger partial charge in [0.1, 0.15) is 0 Å². The maximum absolute atomic E-state index is 10.6. The normalized spacial score (nSPS) is 9.73. The SMILES string of the molecule is NC(=S)Nc1cc(Br)c([N+](=O)[O-])cc1Br. The van der Waals surface area contributed by atoms with Crippen molar-refractivity contribution >= 4 is 60.6 Å². The molecule has 0 saturated carbocycles. The summed E-state index contributed by atoms with van der Waals surface area (Å²) in [6.45, 7) is 0. The van der Waals surface area contributed by atoms with E-state index in [2.05, 4.69) is 49.4 Å². The van der Waals surface area contributed by atoms with Crippen LogP contribution in [0.4, 0.5) is 11.4 Å². The minimum Gasteiger partial charge on any atom is -0.376 e. The number of hydrogen-bond acceptors (Lipinski definition) is 3. The average molecular weight is 355 g/mol. The van der Waals surface area contributed by atoms with E-state index < -0.39 is 4.92 Å². The molecule has 0 fully saturated rings. The molecule has 0 unspecified atom stereocenters. The lowest BCUT2D eigenvalue weighted by Gasteiger charge is -2.07. The number of thiocarbonyl (C=S) groups is 1. The molecule has 1 aromatic rings. The van der Waals surface area contributed by atoms with E-state index in [1.807, 2.05) is 0 Å². The highest BCUT2D eigenvalue weighted by molar-refractivity contribution is 9.11. The van der Waals surface area contributed by atoms with Gasteiger partial charge in [0, 0.05) is 10.5 Å². The third-order valence-corrected chi connectivity index (χ3v) is 2.88. The van der Waals surface area contributed by atoms with Crippen LogP contribution >= 0.6 is 44.1 Å². The summed E-state index contributed by atoms with van der Waals surface area (Å²) < 4.78 is 0.875. The molecule has 0 radical (unpaired) electrons. The van der Waals surface area contributed by atoms with Gasteiger partial charge in [-0.25, -0.2) is 0 Å². The Bertz CT molecular complexity index is 438. The highest BCUT2D eigenvalue weighted by Crippen LogP contribution is 2.34. The maximum atomic E-state index is 10.6. The Morgan fingerprint density at radius 1 is 1.47 bits per heavy atom. The van der Waals surface area contributed by atoms with Crippen LogP contribution < -0.4 is 11.1 Å². The molecule has 0 saturated heterocycles. The molecule has 0 aromatic heterocycles. The van der Waals surface area contributed by atoms with Gasteiger partial charge in [-0.2, -0.15) is 0 Å². The number of anilines is 1. The van der Waals surface area contributed by atoms with Crippen LogP contribution in [0.2, 0.25) is 0 Å². The van der Waals surface area contributed by atoms with Gasteiger partial charge in [0.2, 0.25) is 0 Å². The summed E-state index contributed by atoms with van der Waals surface area (Å²) in [5.41, 5.74) is 5.83. The molecule has 0 amide bonds. The highest BCUT2D eigenvalue weighted by atomic mass is 79.9. The first-order valence-corrected chi connectivity index (χ1v) is 5.61. The fourth-order valence-electron chi connectivity index (χ4n) is 0.905. The topological polar surface area (TPSA) is 81.2 Å². The summed E-state index contributed by atoms with van der Waals surface area (Å²) in [6.07, 6.45) is 0. The van der Waals surface area contributed by atoms with E-state index >= 15 is 0 Å². The molecule has 0 spiro atoms. The molecule has 0 atom stereocenters. The number of nitrogens with two attached hydrogens (primary N) is 1. The molecule has 80 valence electrons. The second-order valence-electron chi connectivity index (χ2n) is 2.53. The van der Waals surface area contributed by atoms with E-state index in [1.165, 1.54) is 12.1 Å². The van der Waals surface area contributed by atoms with Crippen LogP contribution in [-0.2, 0) is 0 Å². The lowest BCUT2D eigenvalue weighted by Crippen LogP contribution is -2.19. The zero-order valence-corrected chi connectivity index (χ0v) is 11.1. The summed E-state index contributed by atoms with van der Waals surface area (Å²) >= 11 is 10.9. The van der Waals surface area contributed by atoms with Gasteiger partial charge in [0.05, 0.1) is 15.1 Å². The predicted molar refractivity (Wildman–Crippen MR) is 68.9 cm³/mol. The Morgan fingerprint density at radius 2 is 2.07 bits per heavy atom. The maximum Gasteiger partial charge on any atom is 0.284 e. The van der Waals surface area contributed by atoms with E-state index in [4.69, 9.17) is 5.73 Å². The van der Waals surface area contributed by atoms with E-state index in [-0.39, 0.29) is 10.8 Å². The molecule has 0 bridgehead atoms. The number of nitrogens with zero attached hydrogens (tertiary/aromatic N) is 1. The van der Waals surface area contributed by atoms with Gasteiger partial charge in [-0.05, 0) is 50.1 Å². The van der Waals surface area contributed by atoms with Crippen LogP contribution in [0.15, 0.2) is 21.1 Å². The van der Waals surface area contributed by atoms with Crippen LogP contribution in [0.25, 0.3) is 0 Å². The van der Waals surface area contributed by atoms with Crippen molar-refractivity contribution in [3.05, 3.63) is 31.2 Å². The number of halogens is 2. The van der Waals surface area contributed by atoms with Gasteiger partial charge in [0.15, 0.2) is 5.11 Å². The van der Waals surface area contributed by atoms with Crippen molar-refractivity contribution < 1.29 is 4.92 Å². The first-order chi connectivity index (χ1) is 6.91. The molecule has 0 heterocycles. The number of hydrogen-bond donors (Lipinski definition) is 2. The van der Waals surface area contributed by atoms with Crippen molar-refractivity contribution in [2.45, 2.75) is 0 Å². The van der Waals surface area contributed by atoms with Crippen molar-refractivity contribution in [1.82, 2.24) is 0 Å². The Hall–Kier alpha value is -0.730. The van der Waals surface area contributed by atoms with Gasteiger partial charge in [-0.1, -0.05) is 0 Å². The Kier molecular flexibility index (Phi) is 4.00. The minimum absolute atomic E-state index is 0.0321. The molecule has 1 rings (SSSR count). The summed E-state index contributed by atoms with van der Waals surface area (Å²) in [5, 5.41) is 13.4. The summed E-state index contributed by atoms with van der Waals surface area (Å²) in [6, 6.07) is 2.89. The van der Waals surface area contributed by atoms with E-state index in [1.54, 1.807) is 0 Å². The van der Waals surface area contributed by atoms with Crippen LogP contribution in [0.1, 0.15) is 0 Å². The molecular formula is C7H5Br2N3O2S. The monoisotopic (exact) mass is 353 g/mol. The van der Waals surface area contributed by atoms with Gasteiger partial charge < -0.3 is 11.1 Å². The van der Waals surface area contributed by atoms with Crippen molar-refractivity contribution in [2.24, 2.45) is 5.73 Å². The lowest BCUT2D eigenvalue weighted by molar-refractivity contribution is -0.385. The van der Waals surface area contributed by atoms with Crippen LogP contribution in [-0.4, -0.2) is 10.0 Å². The summed E-state index contributed by atoms with van der Waals surface area (Å²) in [4.78, 5) is 10.1. The Balaban J connectivity index is 3.19. The number of rotatable bonds is 2. The molecular weight excluding hydrogens is 350 g/mol. The fourth-order valence-corrected chi connectivity index (χ4v) is 1.93. The molecule has 0 aliphatic carbocycles. The zero-order valence-electron chi connectivity index (χ0n) is 7.16. The Labute approximate surface area is 107 Å². The van der Waals surface area contributed by atoms with Gasteiger partial charge in [-0.15, -0.1) is 0 Å². The number of nitro groups is 1. The zero-order chi connectivity index (χ0) is 11.6. The number of nitro benzene ring substituents is 1. The lowest BCUT2D eigenvalue weighted by atomic mass is 10.3. The van der Waals surface area contributed by atoms with Gasteiger partial charge >= 0.3 is 0 Å². The molecule has 1 aromatic carbocycles. The van der Waals surface area contributed by atoms with Crippen molar-refractivity contribution in [2.75, 3.05) is 5.32 Å². The third kappa shape index (κ3) is 3.11. The van der Waals surface area contributed by atoms with Crippen LogP contribution in [0.3, 0.4) is 0 Å². The number of benzene rings is 1. The largest absolute Gasteiger partial charge is 0.376 e. The molecule has 5 nitrogen and oxygen atoms in total. The van der Waals surface area contributed by atoms with Crippen LogP contribution in [0, 0.1) is 10.1 Å². The summed E-state index contributed by atoms with van der Waals surface area (Å²) in [5.74, 6) is 0. The van der Waals surface area contributed by atoms with Crippen molar-refractivity contribution in [3.63, 3.8) is 0 Å². The minimum atomic E-state index is -0.487. The fraction of sp³-hybridized carbons (Fsp3) is 0. The van der Waals surface area contributed by atoms with Crippen LogP contribution in [0.5, 0.6) is 0 Å². The van der Waals surface area contributed by atoms with E-state index in [9.17, 15) is 10.1 Å². The third-order valence-electron chi connectivity index (χ3n) is 1.49. The first-order valence-electron chi connectivity index (χ1n) is 3.61. The second-order valence-corrected chi connectivity index (χ2v) is 4.68. The second kappa shape index (κ2) is 4.86. The smallest absolute Gasteiger partial charge is 0.284 e. The average Bonchev–Trinajstić information content (AvgIpc) is 2.09. The van der Waals surface area contributed by atoms with Gasteiger partial charge in [0.25, 0.3) is 5.69 Å². The molecule has 0 aliphatic rings. The first kappa shape index (κ1) is 12.3. The molecule has 3 N–H and O–H groups in total. The van der Waals surface area contributed by atoms with Gasteiger partial charge in [-0.3, -0.25) is 10.1 Å². The summed E-state index contributed by atoms with van der Waals surface area (Å²) in [7, 11) is 0. The van der Waals surface area contributed by atoms with Crippen molar-refractivity contribution in [3.8, 4) is 0 Å². The van der Waals surface area contributed by atoms with E-state index in [0.717, 1.165) is 0 Å². The number of nitrogens with one attached hydrogen (secondary N) is 1. The Morgan fingerprint density at radius 3 is 2.53 bits per heavy atom.